The third-order valence-corrected chi connectivity index (χ3v) is 3.84. The van der Waals surface area contributed by atoms with E-state index in [9.17, 15) is 4.79 Å². The molecule has 3 rings (SSSR count). The second-order valence-corrected chi connectivity index (χ2v) is 5.29. The molecule has 1 atom stereocenters. The minimum absolute atomic E-state index is 0.109. The number of carbonyl (C=O) groups is 1. The van der Waals surface area contributed by atoms with Crippen LogP contribution in [0.2, 0.25) is 0 Å². The Bertz CT molecular complexity index is 629. The molecule has 114 valence electrons. The Kier molecular flexibility index (Phi) is 4.27. The summed E-state index contributed by atoms with van der Waals surface area (Å²) in [6.45, 7) is 2.73. The van der Waals surface area contributed by atoms with E-state index in [0.717, 1.165) is 30.8 Å². The number of carbonyl (C=O) groups excluding carboxylic acids is 1. The summed E-state index contributed by atoms with van der Waals surface area (Å²) in [5.74, 6) is 0.881. The van der Waals surface area contributed by atoms with Crippen LogP contribution in [-0.2, 0) is 4.79 Å². The van der Waals surface area contributed by atoms with Gasteiger partial charge < -0.3 is 10.2 Å². The normalized spacial score (nSPS) is 17.5. The van der Waals surface area contributed by atoms with Crippen molar-refractivity contribution in [3.05, 3.63) is 42.6 Å². The van der Waals surface area contributed by atoms with E-state index in [0.29, 0.717) is 12.2 Å². The number of nitrogens with zero attached hydrogens (tertiary/aromatic N) is 4. The van der Waals surface area contributed by atoms with Crippen LogP contribution in [0.1, 0.15) is 37.9 Å². The summed E-state index contributed by atoms with van der Waals surface area (Å²) in [6, 6.07) is 4.05. The van der Waals surface area contributed by atoms with Crippen LogP contribution >= 0.6 is 0 Å². The van der Waals surface area contributed by atoms with Gasteiger partial charge in [-0.1, -0.05) is 6.92 Å². The minimum atomic E-state index is 0.109. The van der Waals surface area contributed by atoms with Crippen LogP contribution in [0.25, 0.3) is 0 Å². The molecule has 1 aliphatic rings. The van der Waals surface area contributed by atoms with Crippen molar-refractivity contribution in [3.8, 4) is 0 Å². The van der Waals surface area contributed by atoms with E-state index in [1.54, 1.807) is 24.8 Å². The molecule has 0 radical (unpaired) electrons. The third-order valence-electron chi connectivity index (χ3n) is 3.84. The monoisotopic (exact) mass is 297 g/mol. The molecular formula is C16H19N5O. The number of anilines is 2. The highest BCUT2D eigenvalue weighted by molar-refractivity contribution is 5.76. The SMILES string of the molecule is CCC(=O)N1CCCC1c1ccc(Nc2cnccn2)cn1. The van der Waals surface area contributed by atoms with Gasteiger partial charge in [-0.05, 0) is 25.0 Å². The smallest absolute Gasteiger partial charge is 0.222 e. The van der Waals surface area contributed by atoms with Gasteiger partial charge in [0.2, 0.25) is 5.91 Å². The van der Waals surface area contributed by atoms with E-state index in [2.05, 4.69) is 20.3 Å². The number of amides is 1. The minimum Gasteiger partial charge on any atom is -0.338 e. The van der Waals surface area contributed by atoms with Crippen LogP contribution in [0.4, 0.5) is 11.5 Å². The summed E-state index contributed by atoms with van der Waals surface area (Å²) < 4.78 is 0. The lowest BCUT2D eigenvalue weighted by Gasteiger charge is -2.24. The van der Waals surface area contributed by atoms with Crippen LogP contribution in [0.3, 0.4) is 0 Å². The lowest BCUT2D eigenvalue weighted by Crippen LogP contribution is -2.30. The Labute approximate surface area is 129 Å². The molecule has 0 aromatic carbocycles. The first-order chi connectivity index (χ1) is 10.8. The topological polar surface area (TPSA) is 71.0 Å². The maximum absolute atomic E-state index is 12.0. The predicted octanol–water partition coefficient (Wildman–Crippen LogP) is 2.69. The van der Waals surface area contributed by atoms with E-state index in [1.807, 2.05) is 24.0 Å². The molecule has 1 aliphatic heterocycles. The van der Waals surface area contributed by atoms with Crippen LogP contribution in [0, 0.1) is 0 Å². The molecule has 1 N–H and O–H groups in total. The molecule has 0 saturated carbocycles. The van der Waals surface area contributed by atoms with Gasteiger partial charge in [0, 0.05) is 25.4 Å². The zero-order chi connectivity index (χ0) is 15.4. The number of hydrogen-bond acceptors (Lipinski definition) is 5. The Morgan fingerprint density at radius 3 is 2.91 bits per heavy atom. The van der Waals surface area contributed by atoms with Gasteiger partial charge in [-0.25, -0.2) is 4.98 Å². The number of hydrogen-bond donors (Lipinski definition) is 1. The molecule has 2 aromatic rings. The fourth-order valence-electron chi connectivity index (χ4n) is 2.76. The molecule has 1 amide bonds. The summed E-state index contributed by atoms with van der Waals surface area (Å²) in [4.78, 5) is 26.6. The summed E-state index contributed by atoms with van der Waals surface area (Å²) in [7, 11) is 0. The first-order valence-corrected chi connectivity index (χ1v) is 7.56. The van der Waals surface area contributed by atoms with Crippen molar-refractivity contribution in [2.45, 2.75) is 32.2 Å². The van der Waals surface area contributed by atoms with E-state index >= 15 is 0 Å². The van der Waals surface area contributed by atoms with Gasteiger partial charge in [0.05, 0.1) is 29.8 Å². The predicted molar refractivity (Wildman–Crippen MR) is 83.5 cm³/mol. The van der Waals surface area contributed by atoms with Gasteiger partial charge in [-0.2, -0.15) is 0 Å². The average molecular weight is 297 g/mol. The molecular weight excluding hydrogens is 278 g/mol. The van der Waals surface area contributed by atoms with Crippen LogP contribution in [-0.4, -0.2) is 32.3 Å². The Hall–Kier alpha value is -2.50. The molecule has 6 heteroatoms. The summed E-state index contributed by atoms with van der Waals surface area (Å²) in [5, 5.41) is 3.15. The Morgan fingerprint density at radius 1 is 1.32 bits per heavy atom. The van der Waals surface area contributed by atoms with Gasteiger partial charge >= 0.3 is 0 Å². The summed E-state index contributed by atoms with van der Waals surface area (Å²) >= 11 is 0. The maximum atomic E-state index is 12.0. The lowest BCUT2D eigenvalue weighted by molar-refractivity contribution is -0.131. The zero-order valence-electron chi connectivity index (χ0n) is 12.6. The highest BCUT2D eigenvalue weighted by Gasteiger charge is 2.29. The Balaban J connectivity index is 1.72. The number of rotatable bonds is 4. The van der Waals surface area contributed by atoms with Crippen molar-refractivity contribution in [2.24, 2.45) is 0 Å². The molecule has 22 heavy (non-hydrogen) atoms. The number of pyridine rings is 1. The summed E-state index contributed by atoms with van der Waals surface area (Å²) in [5.41, 5.74) is 1.81. The fraction of sp³-hybridized carbons (Fsp3) is 0.375. The molecule has 6 nitrogen and oxygen atoms in total. The molecule has 3 heterocycles. The standard InChI is InChI=1S/C16H19N5O/c1-2-16(22)21-9-3-4-14(21)13-6-5-12(10-19-13)20-15-11-17-7-8-18-15/h5-8,10-11,14H,2-4,9H2,1H3,(H,18,20). The second kappa shape index (κ2) is 6.51. The average Bonchev–Trinajstić information content (AvgIpc) is 3.05. The first-order valence-electron chi connectivity index (χ1n) is 7.56. The number of nitrogens with one attached hydrogen (secondary N) is 1. The van der Waals surface area contributed by atoms with Gasteiger partial charge in [0.25, 0.3) is 0 Å². The highest BCUT2D eigenvalue weighted by Crippen LogP contribution is 2.31. The molecule has 0 bridgehead atoms. The molecule has 1 fully saturated rings. The summed E-state index contributed by atoms with van der Waals surface area (Å²) in [6.07, 6.45) is 9.27. The van der Waals surface area contributed by atoms with Crippen molar-refractivity contribution in [1.29, 1.82) is 0 Å². The van der Waals surface area contributed by atoms with Gasteiger partial charge in [-0.15, -0.1) is 0 Å². The van der Waals surface area contributed by atoms with Crippen LogP contribution in [0.15, 0.2) is 36.9 Å². The van der Waals surface area contributed by atoms with Gasteiger partial charge in [0.15, 0.2) is 0 Å². The molecule has 0 spiro atoms. The largest absolute Gasteiger partial charge is 0.338 e. The van der Waals surface area contributed by atoms with Crippen molar-refractivity contribution in [1.82, 2.24) is 19.9 Å². The molecule has 1 saturated heterocycles. The van der Waals surface area contributed by atoms with E-state index in [-0.39, 0.29) is 11.9 Å². The quantitative estimate of drug-likeness (QED) is 0.939. The highest BCUT2D eigenvalue weighted by atomic mass is 16.2. The third kappa shape index (κ3) is 3.05. The van der Waals surface area contributed by atoms with Gasteiger partial charge in [0.1, 0.15) is 5.82 Å². The number of likely N-dealkylation sites (tertiary alicyclic amines) is 1. The van der Waals surface area contributed by atoms with Crippen LogP contribution < -0.4 is 5.32 Å². The van der Waals surface area contributed by atoms with Crippen molar-refractivity contribution >= 4 is 17.4 Å². The Morgan fingerprint density at radius 2 is 2.23 bits per heavy atom. The van der Waals surface area contributed by atoms with Crippen molar-refractivity contribution < 1.29 is 4.79 Å². The van der Waals surface area contributed by atoms with Crippen molar-refractivity contribution in [3.63, 3.8) is 0 Å². The van der Waals surface area contributed by atoms with Crippen LogP contribution in [0.5, 0.6) is 0 Å². The number of aromatic nitrogens is 3. The van der Waals surface area contributed by atoms with E-state index in [1.165, 1.54) is 0 Å². The maximum Gasteiger partial charge on any atom is 0.222 e. The van der Waals surface area contributed by atoms with Gasteiger partial charge in [-0.3, -0.25) is 14.8 Å². The van der Waals surface area contributed by atoms with Crippen molar-refractivity contribution in [2.75, 3.05) is 11.9 Å². The zero-order valence-corrected chi connectivity index (χ0v) is 12.6. The lowest BCUT2D eigenvalue weighted by atomic mass is 10.1. The molecule has 2 aromatic heterocycles. The molecule has 0 aliphatic carbocycles. The second-order valence-electron chi connectivity index (χ2n) is 5.29. The van der Waals surface area contributed by atoms with E-state index in [4.69, 9.17) is 0 Å². The fourth-order valence-corrected chi connectivity index (χ4v) is 2.76. The molecule has 1 unspecified atom stereocenters. The first kappa shape index (κ1) is 14.4. The van der Waals surface area contributed by atoms with E-state index < -0.39 is 0 Å².